The maximum absolute atomic E-state index is 6.15. The van der Waals surface area contributed by atoms with E-state index in [1.54, 1.807) is 11.3 Å². The Morgan fingerprint density at radius 1 is 1.41 bits per heavy atom. The quantitative estimate of drug-likeness (QED) is 0.863. The number of hydrogen-bond donors (Lipinski definition) is 1. The van der Waals surface area contributed by atoms with Crippen LogP contribution < -0.4 is 5.32 Å². The van der Waals surface area contributed by atoms with E-state index in [-0.39, 0.29) is 0 Å². The molecule has 1 aromatic heterocycles. The number of halogens is 1. The molecule has 0 radical (unpaired) electrons. The van der Waals surface area contributed by atoms with Crippen LogP contribution in [0.4, 0.5) is 5.13 Å². The molecule has 2 nitrogen and oxygen atoms in total. The summed E-state index contributed by atoms with van der Waals surface area (Å²) in [5.74, 6) is 0.838. The second-order valence-electron chi connectivity index (χ2n) is 4.87. The summed E-state index contributed by atoms with van der Waals surface area (Å²) in [5, 5.41) is 5.34. The molecule has 1 heterocycles. The minimum atomic E-state index is 0.587. The van der Waals surface area contributed by atoms with E-state index in [2.05, 4.69) is 17.2 Å². The van der Waals surface area contributed by atoms with Crippen LogP contribution in [-0.4, -0.2) is 11.0 Å². The largest absolute Gasteiger partial charge is 0.359 e. The highest BCUT2D eigenvalue weighted by Gasteiger charge is 2.22. The van der Waals surface area contributed by atoms with Crippen molar-refractivity contribution in [2.24, 2.45) is 5.92 Å². The third kappa shape index (κ3) is 2.26. The lowest BCUT2D eigenvalue weighted by Gasteiger charge is -2.10. The second kappa shape index (κ2) is 4.46. The molecule has 0 aliphatic heterocycles. The van der Waals surface area contributed by atoms with Crippen molar-refractivity contribution in [3.05, 3.63) is 23.2 Å². The Kier molecular flexibility index (Phi) is 2.97. The second-order valence-corrected chi connectivity index (χ2v) is 6.27. The summed E-state index contributed by atoms with van der Waals surface area (Å²) in [5.41, 5.74) is 0.996. The fourth-order valence-electron chi connectivity index (χ4n) is 2.49. The molecule has 0 spiro atoms. The molecule has 0 bridgehead atoms. The van der Waals surface area contributed by atoms with Gasteiger partial charge in [0.25, 0.3) is 0 Å². The number of anilines is 1. The number of nitrogens with one attached hydrogen (secondary N) is 1. The van der Waals surface area contributed by atoms with Crippen molar-refractivity contribution in [1.29, 1.82) is 0 Å². The minimum Gasteiger partial charge on any atom is -0.359 e. The molecule has 4 heteroatoms. The molecule has 90 valence electrons. The Morgan fingerprint density at radius 2 is 2.29 bits per heavy atom. The average Bonchev–Trinajstić information content (AvgIpc) is 2.86. The molecule has 3 rings (SSSR count). The highest BCUT2D eigenvalue weighted by atomic mass is 35.5. The molecule has 2 atom stereocenters. The van der Waals surface area contributed by atoms with Crippen molar-refractivity contribution in [3.63, 3.8) is 0 Å². The molecule has 2 aromatic rings. The number of hydrogen-bond acceptors (Lipinski definition) is 3. The van der Waals surface area contributed by atoms with E-state index in [9.17, 15) is 0 Å². The van der Waals surface area contributed by atoms with Crippen molar-refractivity contribution in [3.8, 4) is 0 Å². The first-order chi connectivity index (χ1) is 8.22. The van der Waals surface area contributed by atoms with E-state index in [1.807, 2.05) is 18.2 Å². The Morgan fingerprint density at radius 3 is 3.00 bits per heavy atom. The fourth-order valence-corrected chi connectivity index (χ4v) is 3.72. The Balaban J connectivity index is 1.84. The van der Waals surface area contributed by atoms with Crippen molar-refractivity contribution in [2.45, 2.75) is 32.2 Å². The zero-order chi connectivity index (χ0) is 11.8. The molecule has 17 heavy (non-hydrogen) atoms. The maximum atomic E-state index is 6.15. The van der Waals surface area contributed by atoms with E-state index < -0.39 is 0 Å². The van der Waals surface area contributed by atoms with Gasteiger partial charge in [0.1, 0.15) is 0 Å². The number of nitrogens with zero attached hydrogens (tertiary/aromatic N) is 1. The van der Waals surface area contributed by atoms with Gasteiger partial charge in [-0.05, 0) is 37.3 Å². The first-order valence-corrected chi connectivity index (χ1v) is 7.23. The summed E-state index contributed by atoms with van der Waals surface area (Å²) < 4.78 is 1.09. The van der Waals surface area contributed by atoms with Crippen LogP contribution in [0.2, 0.25) is 5.02 Å². The van der Waals surface area contributed by atoms with Crippen LogP contribution >= 0.6 is 22.9 Å². The molecule has 0 amide bonds. The lowest BCUT2D eigenvalue weighted by molar-refractivity contribution is 0.602. The van der Waals surface area contributed by atoms with Gasteiger partial charge in [-0.15, -0.1) is 0 Å². The predicted octanol–water partition coefficient (Wildman–Crippen LogP) is 4.55. The van der Waals surface area contributed by atoms with Gasteiger partial charge in [-0.1, -0.05) is 35.9 Å². The van der Waals surface area contributed by atoms with Crippen LogP contribution in [0.25, 0.3) is 10.2 Å². The molecule has 0 saturated heterocycles. The van der Waals surface area contributed by atoms with Gasteiger partial charge in [0.2, 0.25) is 0 Å². The SMILES string of the molecule is CC1CCC(Nc2nc3cccc(Cl)c3s2)C1. The van der Waals surface area contributed by atoms with Crippen LogP contribution in [0.1, 0.15) is 26.2 Å². The number of benzene rings is 1. The van der Waals surface area contributed by atoms with Gasteiger partial charge in [0, 0.05) is 6.04 Å². The van der Waals surface area contributed by atoms with E-state index >= 15 is 0 Å². The summed E-state index contributed by atoms with van der Waals surface area (Å²) >= 11 is 7.81. The predicted molar refractivity (Wildman–Crippen MR) is 75.1 cm³/mol. The number of fused-ring (bicyclic) bond motifs is 1. The van der Waals surface area contributed by atoms with Crippen molar-refractivity contribution in [1.82, 2.24) is 4.98 Å². The number of rotatable bonds is 2. The summed E-state index contributed by atoms with van der Waals surface area (Å²) in [6.45, 7) is 2.32. The summed E-state index contributed by atoms with van der Waals surface area (Å²) in [4.78, 5) is 4.59. The first-order valence-electron chi connectivity index (χ1n) is 6.04. The van der Waals surface area contributed by atoms with Crippen molar-refractivity contribution < 1.29 is 0 Å². The van der Waals surface area contributed by atoms with Gasteiger partial charge < -0.3 is 5.32 Å². The van der Waals surface area contributed by atoms with E-state index in [4.69, 9.17) is 11.6 Å². The van der Waals surface area contributed by atoms with E-state index in [0.29, 0.717) is 6.04 Å². The molecule has 1 fully saturated rings. The normalized spacial score (nSPS) is 24.4. The molecule has 1 aliphatic rings. The highest BCUT2D eigenvalue weighted by Crippen LogP contribution is 2.34. The summed E-state index contributed by atoms with van der Waals surface area (Å²) in [6, 6.07) is 6.47. The summed E-state index contributed by atoms with van der Waals surface area (Å²) in [7, 11) is 0. The van der Waals surface area contributed by atoms with Gasteiger partial charge in [0.15, 0.2) is 5.13 Å². The molecular weight excluding hydrogens is 252 g/mol. The monoisotopic (exact) mass is 266 g/mol. The topological polar surface area (TPSA) is 24.9 Å². The number of aromatic nitrogens is 1. The lowest BCUT2D eigenvalue weighted by atomic mass is 10.1. The lowest BCUT2D eigenvalue weighted by Crippen LogP contribution is -2.14. The number of thiazole rings is 1. The molecule has 1 aliphatic carbocycles. The van der Waals surface area contributed by atoms with Crippen LogP contribution in [-0.2, 0) is 0 Å². The van der Waals surface area contributed by atoms with Gasteiger partial charge in [-0.2, -0.15) is 0 Å². The van der Waals surface area contributed by atoms with E-state index in [1.165, 1.54) is 19.3 Å². The third-order valence-corrected chi connectivity index (χ3v) is 4.85. The zero-order valence-electron chi connectivity index (χ0n) is 9.74. The minimum absolute atomic E-state index is 0.587. The Hall–Kier alpha value is -0.800. The Labute approximate surface area is 110 Å². The molecule has 1 aromatic carbocycles. The van der Waals surface area contributed by atoms with Gasteiger partial charge in [-0.25, -0.2) is 4.98 Å². The van der Waals surface area contributed by atoms with Crippen molar-refractivity contribution >= 4 is 38.3 Å². The van der Waals surface area contributed by atoms with Crippen LogP contribution in [0, 0.1) is 5.92 Å². The highest BCUT2D eigenvalue weighted by molar-refractivity contribution is 7.22. The first kappa shape index (κ1) is 11.3. The van der Waals surface area contributed by atoms with Gasteiger partial charge >= 0.3 is 0 Å². The fraction of sp³-hybridized carbons (Fsp3) is 0.462. The van der Waals surface area contributed by atoms with Gasteiger partial charge in [-0.3, -0.25) is 0 Å². The zero-order valence-corrected chi connectivity index (χ0v) is 11.3. The van der Waals surface area contributed by atoms with E-state index in [0.717, 1.165) is 26.3 Å². The van der Waals surface area contributed by atoms with Crippen molar-refractivity contribution in [2.75, 3.05) is 5.32 Å². The molecule has 1 N–H and O–H groups in total. The summed E-state index contributed by atoms with van der Waals surface area (Å²) in [6.07, 6.45) is 3.83. The molecule has 1 saturated carbocycles. The van der Waals surface area contributed by atoms with Crippen LogP contribution in [0.15, 0.2) is 18.2 Å². The van der Waals surface area contributed by atoms with Crippen LogP contribution in [0.5, 0.6) is 0 Å². The smallest absolute Gasteiger partial charge is 0.184 e. The molecule has 2 unspecified atom stereocenters. The average molecular weight is 267 g/mol. The molecular formula is C13H15ClN2S. The van der Waals surface area contributed by atoms with Gasteiger partial charge in [0.05, 0.1) is 15.2 Å². The maximum Gasteiger partial charge on any atom is 0.184 e. The Bertz CT molecular complexity index is 537. The standard InChI is InChI=1S/C13H15ClN2S/c1-8-5-6-9(7-8)15-13-16-11-4-2-3-10(14)12(11)17-13/h2-4,8-9H,5-7H2,1H3,(H,15,16). The third-order valence-electron chi connectivity index (χ3n) is 3.39. The van der Waals surface area contributed by atoms with Crippen LogP contribution in [0.3, 0.4) is 0 Å².